The normalized spacial score (nSPS) is 12.7. The van der Waals surface area contributed by atoms with Gasteiger partial charge in [-0.15, -0.1) is 0 Å². The molecule has 0 bridgehead atoms. The zero-order chi connectivity index (χ0) is 18.4. The Hall–Kier alpha value is -2.34. The Morgan fingerprint density at radius 3 is 2.40 bits per heavy atom. The van der Waals surface area contributed by atoms with Gasteiger partial charge in [-0.3, -0.25) is 4.79 Å². The highest BCUT2D eigenvalue weighted by Crippen LogP contribution is 2.30. The van der Waals surface area contributed by atoms with E-state index in [1.54, 1.807) is 25.1 Å². The third-order valence-electron chi connectivity index (χ3n) is 3.73. The predicted octanol–water partition coefficient (Wildman–Crippen LogP) is 4.25. The van der Waals surface area contributed by atoms with Crippen LogP contribution in [0.25, 0.3) is 0 Å². The number of benzene rings is 2. The van der Waals surface area contributed by atoms with Gasteiger partial charge >= 0.3 is 12.1 Å². The standard InChI is InChI=1S/C19H20F3NO2/c1-2-25-18(24)12-17(23)15-7-3-5-13(10-15)9-14-6-4-8-16(11-14)19(20,21)22/h3-8,10-11,17H,2,9,12,23H2,1H3. The molecule has 3 nitrogen and oxygen atoms in total. The molecule has 0 aromatic heterocycles. The number of hydrogen-bond acceptors (Lipinski definition) is 3. The molecule has 0 radical (unpaired) electrons. The Kier molecular flexibility index (Phi) is 6.20. The molecule has 0 saturated heterocycles. The van der Waals surface area contributed by atoms with Gasteiger partial charge < -0.3 is 10.5 Å². The minimum Gasteiger partial charge on any atom is -0.466 e. The summed E-state index contributed by atoms with van der Waals surface area (Å²) in [5, 5.41) is 0. The van der Waals surface area contributed by atoms with Crippen LogP contribution in [0.5, 0.6) is 0 Å². The van der Waals surface area contributed by atoms with Crippen molar-refractivity contribution >= 4 is 5.97 Å². The van der Waals surface area contributed by atoms with Crippen LogP contribution < -0.4 is 5.73 Å². The van der Waals surface area contributed by atoms with E-state index in [0.717, 1.165) is 23.3 Å². The van der Waals surface area contributed by atoms with Gasteiger partial charge in [-0.1, -0.05) is 42.5 Å². The predicted molar refractivity (Wildman–Crippen MR) is 88.9 cm³/mol. The maximum absolute atomic E-state index is 12.8. The minimum absolute atomic E-state index is 0.0564. The Bertz CT molecular complexity index is 729. The second kappa shape index (κ2) is 8.16. The molecule has 134 valence electrons. The first kappa shape index (κ1) is 19.0. The monoisotopic (exact) mass is 351 g/mol. The van der Waals surface area contributed by atoms with Crippen LogP contribution in [0.4, 0.5) is 13.2 Å². The van der Waals surface area contributed by atoms with Crippen LogP contribution in [0.1, 0.15) is 41.6 Å². The van der Waals surface area contributed by atoms with Crippen molar-refractivity contribution in [2.45, 2.75) is 32.0 Å². The summed E-state index contributed by atoms with van der Waals surface area (Å²) in [5.74, 6) is -0.377. The van der Waals surface area contributed by atoms with Crippen molar-refractivity contribution in [1.29, 1.82) is 0 Å². The maximum atomic E-state index is 12.8. The molecule has 1 unspecified atom stereocenters. The third-order valence-corrected chi connectivity index (χ3v) is 3.73. The molecule has 2 N–H and O–H groups in total. The number of nitrogens with two attached hydrogens (primary N) is 1. The molecule has 2 aromatic carbocycles. The number of ether oxygens (including phenoxy) is 1. The maximum Gasteiger partial charge on any atom is 0.416 e. The summed E-state index contributed by atoms with van der Waals surface area (Å²) in [6.07, 6.45) is -3.95. The van der Waals surface area contributed by atoms with E-state index in [1.807, 2.05) is 12.1 Å². The topological polar surface area (TPSA) is 52.3 Å². The van der Waals surface area contributed by atoms with Gasteiger partial charge in [0.25, 0.3) is 0 Å². The van der Waals surface area contributed by atoms with E-state index in [2.05, 4.69) is 0 Å². The molecule has 6 heteroatoms. The zero-order valence-electron chi connectivity index (χ0n) is 13.8. The van der Waals surface area contributed by atoms with Gasteiger partial charge in [0.15, 0.2) is 0 Å². The summed E-state index contributed by atoms with van der Waals surface area (Å²) < 4.78 is 43.3. The fourth-order valence-electron chi connectivity index (χ4n) is 2.54. The van der Waals surface area contributed by atoms with Crippen molar-refractivity contribution in [3.63, 3.8) is 0 Å². The van der Waals surface area contributed by atoms with Crippen LogP contribution in [-0.2, 0) is 22.1 Å². The summed E-state index contributed by atoms with van der Waals surface area (Å²) >= 11 is 0. The lowest BCUT2D eigenvalue weighted by atomic mass is 9.97. The van der Waals surface area contributed by atoms with E-state index in [4.69, 9.17) is 10.5 Å². The van der Waals surface area contributed by atoms with Gasteiger partial charge in [-0.05, 0) is 36.1 Å². The summed E-state index contributed by atoms with van der Waals surface area (Å²) in [6, 6.07) is 11.9. The Morgan fingerprint density at radius 2 is 1.76 bits per heavy atom. The molecule has 0 aliphatic carbocycles. The van der Waals surface area contributed by atoms with Gasteiger partial charge in [-0.25, -0.2) is 0 Å². The largest absolute Gasteiger partial charge is 0.466 e. The number of carbonyl (C=O) groups excluding carboxylic acids is 1. The van der Waals surface area contributed by atoms with Crippen molar-refractivity contribution < 1.29 is 22.7 Å². The first-order valence-electron chi connectivity index (χ1n) is 7.95. The van der Waals surface area contributed by atoms with Crippen LogP contribution in [-0.4, -0.2) is 12.6 Å². The number of rotatable bonds is 6. The fraction of sp³-hybridized carbons (Fsp3) is 0.316. The highest BCUT2D eigenvalue weighted by Gasteiger charge is 2.30. The third kappa shape index (κ3) is 5.60. The SMILES string of the molecule is CCOC(=O)CC(N)c1cccc(Cc2cccc(C(F)(F)F)c2)c1. The summed E-state index contributed by atoms with van der Waals surface area (Å²) in [7, 11) is 0. The zero-order valence-corrected chi connectivity index (χ0v) is 13.8. The van der Waals surface area contributed by atoms with E-state index < -0.39 is 17.8 Å². The second-order valence-corrected chi connectivity index (χ2v) is 5.74. The van der Waals surface area contributed by atoms with Gasteiger partial charge in [0.1, 0.15) is 0 Å². The lowest BCUT2D eigenvalue weighted by Crippen LogP contribution is -2.17. The average Bonchev–Trinajstić information content (AvgIpc) is 2.55. The fourth-order valence-corrected chi connectivity index (χ4v) is 2.54. The highest BCUT2D eigenvalue weighted by atomic mass is 19.4. The van der Waals surface area contributed by atoms with Crippen LogP contribution in [0.15, 0.2) is 48.5 Å². The lowest BCUT2D eigenvalue weighted by molar-refractivity contribution is -0.143. The highest BCUT2D eigenvalue weighted by molar-refractivity contribution is 5.70. The lowest BCUT2D eigenvalue weighted by Gasteiger charge is -2.13. The van der Waals surface area contributed by atoms with Gasteiger partial charge in [-0.2, -0.15) is 13.2 Å². The molecule has 0 aliphatic rings. The van der Waals surface area contributed by atoms with Crippen molar-refractivity contribution in [1.82, 2.24) is 0 Å². The smallest absolute Gasteiger partial charge is 0.416 e. The number of alkyl halides is 3. The first-order chi connectivity index (χ1) is 11.8. The quantitative estimate of drug-likeness (QED) is 0.792. The van der Waals surface area contributed by atoms with Gasteiger partial charge in [0.05, 0.1) is 18.6 Å². The van der Waals surface area contributed by atoms with Crippen molar-refractivity contribution in [2.24, 2.45) is 5.73 Å². The van der Waals surface area contributed by atoms with Crippen LogP contribution >= 0.6 is 0 Å². The van der Waals surface area contributed by atoms with Gasteiger partial charge in [0, 0.05) is 6.04 Å². The van der Waals surface area contributed by atoms with Crippen molar-refractivity contribution in [3.8, 4) is 0 Å². The Balaban J connectivity index is 2.13. The molecule has 1 atom stereocenters. The molecule has 0 aliphatic heterocycles. The Morgan fingerprint density at radius 1 is 1.12 bits per heavy atom. The number of carbonyl (C=O) groups is 1. The average molecular weight is 351 g/mol. The molecule has 25 heavy (non-hydrogen) atoms. The molecule has 0 spiro atoms. The van der Waals surface area contributed by atoms with E-state index >= 15 is 0 Å². The molecule has 0 fully saturated rings. The van der Waals surface area contributed by atoms with E-state index in [0.29, 0.717) is 18.6 Å². The Labute approximate surface area is 144 Å². The van der Waals surface area contributed by atoms with Crippen molar-refractivity contribution in [3.05, 3.63) is 70.8 Å². The molecular formula is C19H20F3NO2. The first-order valence-corrected chi connectivity index (χ1v) is 7.95. The molecule has 0 saturated carbocycles. The van der Waals surface area contributed by atoms with E-state index in [9.17, 15) is 18.0 Å². The molecular weight excluding hydrogens is 331 g/mol. The summed E-state index contributed by atoms with van der Waals surface area (Å²) in [6.45, 7) is 2.01. The summed E-state index contributed by atoms with van der Waals surface area (Å²) in [4.78, 5) is 11.5. The van der Waals surface area contributed by atoms with E-state index in [1.165, 1.54) is 6.07 Å². The molecule has 2 aromatic rings. The molecule has 0 amide bonds. The van der Waals surface area contributed by atoms with Crippen LogP contribution in [0.2, 0.25) is 0 Å². The number of esters is 1. The van der Waals surface area contributed by atoms with Gasteiger partial charge in [0.2, 0.25) is 0 Å². The van der Waals surface area contributed by atoms with Crippen LogP contribution in [0.3, 0.4) is 0 Å². The summed E-state index contributed by atoms with van der Waals surface area (Å²) in [5.41, 5.74) is 7.49. The second-order valence-electron chi connectivity index (χ2n) is 5.74. The molecule has 2 rings (SSSR count). The minimum atomic E-state index is -4.36. The van der Waals surface area contributed by atoms with Crippen molar-refractivity contribution in [2.75, 3.05) is 6.61 Å². The van der Waals surface area contributed by atoms with E-state index in [-0.39, 0.29) is 12.4 Å². The number of hydrogen-bond donors (Lipinski definition) is 1. The van der Waals surface area contributed by atoms with Crippen LogP contribution in [0, 0.1) is 0 Å². The number of halogens is 3. The molecule has 0 heterocycles.